The first-order valence-electron chi connectivity index (χ1n) is 9.08. The van der Waals surface area contributed by atoms with Gasteiger partial charge in [-0.15, -0.1) is 0 Å². The summed E-state index contributed by atoms with van der Waals surface area (Å²) in [6.07, 6.45) is 1.42. The van der Waals surface area contributed by atoms with Crippen molar-refractivity contribution in [2.45, 2.75) is 18.9 Å². The molecule has 2 saturated heterocycles. The molecule has 2 aromatic rings. The Hall–Kier alpha value is -2.66. The van der Waals surface area contributed by atoms with E-state index in [2.05, 4.69) is 0 Å². The largest absolute Gasteiger partial charge is 0.370 e. The van der Waals surface area contributed by atoms with Gasteiger partial charge in [-0.05, 0) is 36.2 Å². The minimum absolute atomic E-state index is 0.00790. The highest BCUT2D eigenvalue weighted by atomic mass is 16.5. The normalized spacial score (nSPS) is 20.5. The number of carbonyl (C=O) groups excluding carboxylic acids is 2. The SMILES string of the molecule is O=C(c1ccc(N2CCCC2=O)cc1)N1CCOC(c2ccccc2)C1. The molecule has 2 aliphatic rings. The summed E-state index contributed by atoms with van der Waals surface area (Å²) in [5.74, 6) is 0.163. The van der Waals surface area contributed by atoms with Crippen LogP contribution in [0.5, 0.6) is 0 Å². The lowest BCUT2D eigenvalue weighted by atomic mass is 10.1. The van der Waals surface area contributed by atoms with Gasteiger partial charge in [-0.2, -0.15) is 0 Å². The van der Waals surface area contributed by atoms with E-state index in [1.54, 1.807) is 4.90 Å². The maximum atomic E-state index is 12.9. The highest BCUT2D eigenvalue weighted by molar-refractivity contribution is 5.97. The smallest absolute Gasteiger partial charge is 0.254 e. The van der Waals surface area contributed by atoms with Gasteiger partial charge in [0.15, 0.2) is 0 Å². The fraction of sp³-hybridized carbons (Fsp3) is 0.333. The predicted octanol–water partition coefficient (Wildman–Crippen LogP) is 3.03. The Labute approximate surface area is 153 Å². The molecule has 2 heterocycles. The Morgan fingerprint density at radius 3 is 2.46 bits per heavy atom. The van der Waals surface area contributed by atoms with E-state index in [1.807, 2.05) is 59.5 Å². The first-order valence-corrected chi connectivity index (χ1v) is 9.08. The van der Waals surface area contributed by atoms with Crippen LogP contribution in [0.15, 0.2) is 54.6 Å². The van der Waals surface area contributed by atoms with E-state index in [-0.39, 0.29) is 17.9 Å². The molecular formula is C21H22N2O3. The molecule has 0 saturated carbocycles. The average molecular weight is 350 g/mol. The standard InChI is InChI=1S/C21H22N2O3/c24-20-7-4-12-23(20)18-10-8-17(9-11-18)21(25)22-13-14-26-19(15-22)16-5-2-1-3-6-16/h1-3,5-6,8-11,19H,4,7,12-15H2. The van der Waals surface area contributed by atoms with Gasteiger partial charge in [0.25, 0.3) is 5.91 Å². The maximum absolute atomic E-state index is 12.9. The van der Waals surface area contributed by atoms with Gasteiger partial charge in [-0.25, -0.2) is 0 Å². The van der Waals surface area contributed by atoms with Crippen LogP contribution in [0.1, 0.15) is 34.9 Å². The van der Waals surface area contributed by atoms with Crippen molar-refractivity contribution in [1.29, 1.82) is 0 Å². The van der Waals surface area contributed by atoms with Crippen LogP contribution in [0.2, 0.25) is 0 Å². The van der Waals surface area contributed by atoms with Crippen molar-refractivity contribution >= 4 is 17.5 Å². The van der Waals surface area contributed by atoms with E-state index in [0.717, 1.165) is 24.2 Å². The number of hydrogen-bond acceptors (Lipinski definition) is 3. The third kappa shape index (κ3) is 3.35. The molecule has 134 valence electrons. The number of carbonyl (C=O) groups is 2. The van der Waals surface area contributed by atoms with Crippen LogP contribution in [0.3, 0.4) is 0 Å². The molecule has 1 atom stereocenters. The van der Waals surface area contributed by atoms with E-state index in [4.69, 9.17) is 4.74 Å². The van der Waals surface area contributed by atoms with Crippen LogP contribution in [0.25, 0.3) is 0 Å². The first kappa shape index (κ1) is 16.8. The number of anilines is 1. The Morgan fingerprint density at radius 2 is 1.77 bits per heavy atom. The lowest BCUT2D eigenvalue weighted by Crippen LogP contribution is -2.42. The number of morpholine rings is 1. The lowest BCUT2D eigenvalue weighted by molar-refractivity contribution is -0.117. The van der Waals surface area contributed by atoms with Gasteiger partial charge in [0.05, 0.1) is 13.2 Å². The Kier molecular flexibility index (Phi) is 4.71. The summed E-state index contributed by atoms with van der Waals surface area (Å²) in [4.78, 5) is 28.3. The zero-order valence-corrected chi connectivity index (χ0v) is 14.6. The van der Waals surface area contributed by atoms with E-state index in [1.165, 1.54) is 0 Å². The average Bonchev–Trinajstić information content (AvgIpc) is 3.14. The Balaban J connectivity index is 1.46. The van der Waals surface area contributed by atoms with Crippen molar-refractivity contribution in [3.63, 3.8) is 0 Å². The van der Waals surface area contributed by atoms with Crippen molar-refractivity contribution in [3.05, 3.63) is 65.7 Å². The molecule has 0 aromatic heterocycles. The zero-order valence-electron chi connectivity index (χ0n) is 14.6. The predicted molar refractivity (Wildman–Crippen MR) is 99.1 cm³/mol. The highest BCUT2D eigenvalue weighted by Gasteiger charge is 2.26. The van der Waals surface area contributed by atoms with Crippen molar-refractivity contribution in [1.82, 2.24) is 4.90 Å². The van der Waals surface area contributed by atoms with E-state index >= 15 is 0 Å². The molecule has 0 aliphatic carbocycles. The number of nitrogens with zero attached hydrogens (tertiary/aromatic N) is 2. The summed E-state index contributed by atoms with van der Waals surface area (Å²) in [7, 11) is 0. The third-order valence-electron chi connectivity index (χ3n) is 5.02. The fourth-order valence-electron chi connectivity index (χ4n) is 3.59. The molecule has 2 aromatic carbocycles. The number of amides is 2. The Bertz CT molecular complexity index is 789. The summed E-state index contributed by atoms with van der Waals surface area (Å²) in [6.45, 7) is 2.43. The second-order valence-corrected chi connectivity index (χ2v) is 6.72. The van der Waals surface area contributed by atoms with Gasteiger partial charge in [-0.1, -0.05) is 30.3 Å². The zero-order chi connectivity index (χ0) is 17.9. The van der Waals surface area contributed by atoms with Crippen molar-refractivity contribution in [3.8, 4) is 0 Å². The molecule has 5 nitrogen and oxygen atoms in total. The van der Waals surface area contributed by atoms with Crippen LogP contribution < -0.4 is 4.90 Å². The quantitative estimate of drug-likeness (QED) is 0.855. The molecule has 0 N–H and O–H groups in total. The molecule has 2 aliphatic heterocycles. The van der Waals surface area contributed by atoms with Crippen molar-refractivity contribution in [2.75, 3.05) is 31.1 Å². The Morgan fingerprint density at radius 1 is 1.00 bits per heavy atom. The summed E-state index contributed by atoms with van der Waals surface area (Å²) in [5, 5.41) is 0. The number of ether oxygens (including phenoxy) is 1. The molecule has 2 amide bonds. The first-order chi connectivity index (χ1) is 12.7. The monoisotopic (exact) mass is 350 g/mol. The van der Waals surface area contributed by atoms with E-state index in [9.17, 15) is 9.59 Å². The molecule has 5 heteroatoms. The fourth-order valence-corrected chi connectivity index (χ4v) is 3.59. The second-order valence-electron chi connectivity index (χ2n) is 6.72. The number of rotatable bonds is 3. The minimum Gasteiger partial charge on any atom is -0.370 e. The van der Waals surface area contributed by atoms with E-state index in [0.29, 0.717) is 31.7 Å². The third-order valence-corrected chi connectivity index (χ3v) is 5.02. The highest BCUT2D eigenvalue weighted by Crippen LogP contribution is 2.25. The van der Waals surface area contributed by atoms with Crippen LogP contribution in [-0.2, 0) is 9.53 Å². The van der Waals surface area contributed by atoms with Gasteiger partial charge >= 0.3 is 0 Å². The second kappa shape index (κ2) is 7.30. The molecule has 4 rings (SSSR count). The van der Waals surface area contributed by atoms with Gasteiger partial charge in [-0.3, -0.25) is 9.59 Å². The molecular weight excluding hydrogens is 328 g/mol. The topological polar surface area (TPSA) is 49.9 Å². The number of hydrogen-bond donors (Lipinski definition) is 0. The molecule has 26 heavy (non-hydrogen) atoms. The molecule has 0 bridgehead atoms. The van der Waals surface area contributed by atoms with Gasteiger partial charge < -0.3 is 14.5 Å². The van der Waals surface area contributed by atoms with Crippen molar-refractivity contribution in [2.24, 2.45) is 0 Å². The summed E-state index contributed by atoms with van der Waals surface area (Å²) in [6, 6.07) is 17.4. The van der Waals surface area contributed by atoms with Gasteiger partial charge in [0.1, 0.15) is 6.10 Å². The molecule has 2 fully saturated rings. The van der Waals surface area contributed by atoms with Crippen molar-refractivity contribution < 1.29 is 14.3 Å². The lowest BCUT2D eigenvalue weighted by Gasteiger charge is -2.33. The van der Waals surface area contributed by atoms with Crippen LogP contribution in [0.4, 0.5) is 5.69 Å². The maximum Gasteiger partial charge on any atom is 0.254 e. The van der Waals surface area contributed by atoms with Gasteiger partial charge in [0, 0.05) is 30.8 Å². The summed E-state index contributed by atoms with van der Waals surface area (Å²) in [5.41, 5.74) is 2.61. The van der Waals surface area contributed by atoms with Crippen LogP contribution >= 0.6 is 0 Å². The summed E-state index contributed by atoms with van der Waals surface area (Å²) < 4.78 is 5.84. The number of benzene rings is 2. The molecule has 1 unspecified atom stereocenters. The van der Waals surface area contributed by atoms with Gasteiger partial charge in [0.2, 0.25) is 5.91 Å². The van der Waals surface area contributed by atoms with Crippen LogP contribution in [0, 0.1) is 0 Å². The van der Waals surface area contributed by atoms with Crippen LogP contribution in [-0.4, -0.2) is 43.0 Å². The van der Waals surface area contributed by atoms with E-state index < -0.39 is 0 Å². The molecule has 0 radical (unpaired) electrons. The summed E-state index contributed by atoms with van der Waals surface area (Å²) >= 11 is 0. The minimum atomic E-state index is -0.0876. The molecule has 0 spiro atoms.